The Morgan fingerprint density at radius 3 is 2.53 bits per heavy atom. The SMILES string of the molecule is COc1cc(/C=C2/C(=N)N3N=C(CC(C)C)SC3=NC2=O)ccc1OCCOc1cc(C)ccc1C. The number of carbonyl (C=O) groups is 1. The summed E-state index contributed by atoms with van der Waals surface area (Å²) in [5.41, 5.74) is 3.08. The minimum absolute atomic E-state index is 0.0131. The molecule has 0 saturated carbocycles. The number of nitrogens with one attached hydrogen (secondary N) is 1. The molecule has 1 amide bonds. The molecule has 2 heterocycles. The van der Waals surface area contributed by atoms with Crippen molar-refractivity contribution >= 4 is 39.8 Å². The molecule has 0 atom stereocenters. The second-order valence-corrected chi connectivity index (χ2v) is 10.0. The Balaban J connectivity index is 1.44. The average Bonchev–Trinajstić information content (AvgIpc) is 3.23. The quantitative estimate of drug-likeness (QED) is 0.360. The summed E-state index contributed by atoms with van der Waals surface area (Å²) in [6.07, 6.45) is 2.40. The number of rotatable bonds is 9. The second-order valence-electron chi connectivity index (χ2n) is 8.99. The van der Waals surface area contributed by atoms with Crippen molar-refractivity contribution in [1.29, 1.82) is 5.41 Å². The maximum absolute atomic E-state index is 12.7. The van der Waals surface area contributed by atoms with E-state index < -0.39 is 5.91 Å². The van der Waals surface area contributed by atoms with Gasteiger partial charge in [-0.2, -0.15) is 15.1 Å². The smallest absolute Gasteiger partial charge is 0.283 e. The molecule has 0 unspecified atom stereocenters. The Labute approximate surface area is 215 Å². The molecule has 2 aliphatic heterocycles. The topological polar surface area (TPSA) is 96.6 Å². The van der Waals surface area contributed by atoms with Crippen molar-refractivity contribution in [3.63, 3.8) is 0 Å². The number of hydrogen-bond donors (Lipinski definition) is 1. The van der Waals surface area contributed by atoms with Gasteiger partial charge in [0.05, 0.1) is 12.7 Å². The highest BCUT2D eigenvalue weighted by Gasteiger charge is 2.35. The Kier molecular flexibility index (Phi) is 7.79. The van der Waals surface area contributed by atoms with Gasteiger partial charge in [0.1, 0.15) is 24.0 Å². The third kappa shape index (κ3) is 5.79. The van der Waals surface area contributed by atoms with Crippen LogP contribution in [0.2, 0.25) is 0 Å². The van der Waals surface area contributed by atoms with Crippen LogP contribution in [0.15, 0.2) is 52.1 Å². The number of fused-ring (bicyclic) bond motifs is 1. The molecule has 0 aliphatic carbocycles. The normalized spacial score (nSPS) is 16.3. The van der Waals surface area contributed by atoms with Gasteiger partial charge in [0.25, 0.3) is 5.91 Å². The summed E-state index contributed by atoms with van der Waals surface area (Å²) in [6, 6.07) is 11.4. The number of benzene rings is 2. The summed E-state index contributed by atoms with van der Waals surface area (Å²) >= 11 is 1.35. The zero-order chi connectivity index (χ0) is 25.8. The molecule has 2 aromatic carbocycles. The number of aryl methyl sites for hydroxylation is 2. The van der Waals surface area contributed by atoms with E-state index in [1.54, 1.807) is 25.3 Å². The lowest BCUT2D eigenvalue weighted by Crippen LogP contribution is -2.35. The van der Waals surface area contributed by atoms with E-state index in [9.17, 15) is 4.79 Å². The molecule has 0 spiro atoms. The number of ether oxygens (including phenoxy) is 3. The third-order valence-electron chi connectivity index (χ3n) is 5.52. The molecule has 0 bridgehead atoms. The predicted molar refractivity (Wildman–Crippen MR) is 144 cm³/mol. The first kappa shape index (κ1) is 25.5. The van der Waals surface area contributed by atoms with Gasteiger partial charge in [-0.05, 0) is 72.5 Å². The van der Waals surface area contributed by atoms with E-state index in [0.29, 0.717) is 41.4 Å². The van der Waals surface area contributed by atoms with Crippen LogP contribution in [0.3, 0.4) is 0 Å². The van der Waals surface area contributed by atoms with E-state index in [1.165, 1.54) is 16.8 Å². The molecule has 0 saturated heterocycles. The Bertz CT molecular complexity index is 1280. The van der Waals surface area contributed by atoms with Gasteiger partial charge in [0.15, 0.2) is 17.3 Å². The molecule has 36 heavy (non-hydrogen) atoms. The Hall–Kier alpha value is -3.59. The number of hydrogen-bond acceptors (Lipinski definition) is 7. The zero-order valence-corrected chi connectivity index (χ0v) is 21.9. The number of amides is 1. The van der Waals surface area contributed by atoms with Crippen LogP contribution in [0.5, 0.6) is 17.2 Å². The standard InChI is InChI=1S/C27H30N4O4S/c1-16(2)12-24-30-31-25(28)20(26(32)29-27(31)36-24)14-19-8-9-21(23(15-19)33-5)34-10-11-35-22-13-17(3)6-7-18(22)4/h6-9,13-16,28H,10-12H2,1-5H3/b20-14-,28-25?. The molecule has 2 aromatic rings. The van der Waals surface area contributed by atoms with Gasteiger partial charge in [0, 0.05) is 6.42 Å². The first-order valence-corrected chi connectivity index (χ1v) is 12.6. The fraction of sp³-hybridized carbons (Fsp3) is 0.333. The highest BCUT2D eigenvalue weighted by molar-refractivity contribution is 8.26. The number of thioether (sulfide) groups is 1. The van der Waals surface area contributed by atoms with Crippen LogP contribution in [0.4, 0.5) is 0 Å². The van der Waals surface area contributed by atoms with Gasteiger partial charge in [0.2, 0.25) is 5.17 Å². The van der Waals surface area contributed by atoms with Gasteiger partial charge < -0.3 is 14.2 Å². The molecule has 0 aromatic heterocycles. The molecule has 1 N–H and O–H groups in total. The van der Waals surface area contributed by atoms with Crippen molar-refractivity contribution in [1.82, 2.24) is 5.01 Å². The van der Waals surface area contributed by atoms with Crippen LogP contribution in [0, 0.1) is 25.2 Å². The van der Waals surface area contributed by atoms with Gasteiger partial charge in [-0.25, -0.2) is 0 Å². The largest absolute Gasteiger partial charge is 0.493 e. The Morgan fingerprint density at radius 1 is 1.06 bits per heavy atom. The summed E-state index contributed by atoms with van der Waals surface area (Å²) in [7, 11) is 1.56. The maximum atomic E-state index is 12.7. The fourth-order valence-electron chi connectivity index (χ4n) is 3.69. The lowest BCUT2D eigenvalue weighted by atomic mass is 10.1. The van der Waals surface area contributed by atoms with E-state index >= 15 is 0 Å². The first-order chi connectivity index (χ1) is 17.2. The monoisotopic (exact) mass is 506 g/mol. The summed E-state index contributed by atoms with van der Waals surface area (Å²) < 4.78 is 17.2. The lowest BCUT2D eigenvalue weighted by molar-refractivity contribution is -0.114. The minimum atomic E-state index is -0.456. The molecule has 4 rings (SSSR count). The lowest BCUT2D eigenvalue weighted by Gasteiger charge is -2.20. The van der Waals surface area contributed by atoms with E-state index in [-0.39, 0.29) is 11.4 Å². The van der Waals surface area contributed by atoms with Crippen LogP contribution in [-0.2, 0) is 4.79 Å². The van der Waals surface area contributed by atoms with E-state index in [1.807, 2.05) is 32.0 Å². The van der Waals surface area contributed by atoms with Crippen LogP contribution in [0.1, 0.15) is 37.0 Å². The molecule has 0 radical (unpaired) electrons. The highest BCUT2D eigenvalue weighted by Crippen LogP contribution is 2.32. The molecule has 0 fully saturated rings. The van der Waals surface area contributed by atoms with Crippen molar-refractivity contribution in [2.24, 2.45) is 16.0 Å². The van der Waals surface area contributed by atoms with E-state index in [0.717, 1.165) is 28.3 Å². The summed E-state index contributed by atoms with van der Waals surface area (Å²) in [6.45, 7) is 8.96. The molecule has 188 valence electrons. The summed E-state index contributed by atoms with van der Waals surface area (Å²) in [5, 5.41) is 15.7. The number of amidine groups is 2. The first-order valence-electron chi connectivity index (χ1n) is 11.7. The highest BCUT2D eigenvalue weighted by atomic mass is 32.2. The number of carbonyl (C=O) groups excluding carboxylic acids is 1. The summed E-state index contributed by atoms with van der Waals surface area (Å²) in [4.78, 5) is 16.8. The molecular weight excluding hydrogens is 476 g/mol. The number of methoxy groups -OCH3 is 1. The van der Waals surface area contributed by atoms with Crippen molar-refractivity contribution < 1.29 is 19.0 Å². The number of hydrazone groups is 1. The average molecular weight is 507 g/mol. The molecule has 9 heteroatoms. The molecule has 2 aliphatic rings. The number of nitrogens with zero attached hydrogens (tertiary/aromatic N) is 3. The van der Waals surface area contributed by atoms with E-state index in [2.05, 4.69) is 30.0 Å². The molecular formula is C27H30N4O4S. The maximum Gasteiger partial charge on any atom is 0.283 e. The van der Waals surface area contributed by atoms with Crippen LogP contribution in [-0.4, -0.2) is 47.3 Å². The van der Waals surface area contributed by atoms with Crippen molar-refractivity contribution in [3.8, 4) is 17.2 Å². The Morgan fingerprint density at radius 2 is 1.81 bits per heavy atom. The second kappa shape index (κ2) is 11.0. The van der Waals surface area contributed by atoms with Gasteiger partial charge in [-0.1, -0.05) is 32.0 Å². The van der Waals surface area contributed by atoms with Crippen molar-refractivity contribution in [2.75, 3.05) is 20.3 Å². The zero-order valence-electron chi connectivity index (χ0n) is 21.1. The van der Waals surface area contributed by atoms with Crippen LogP contribution < -0.4 is 14.2 Å². The summed E-state index contributed by atoms with van der Waals surface area (Å²) in [5.74, 6) is 1.90. The van der Waals surface area contributed by atoms with Gasteiger partial charge >= 0.3 is 0 Å². The van der Waals surface area contributed by atoms with Gasteiger partial charge in [-0.3, -0.25) is 10.2 Å². The van der Waals surface area contributed by atoms with Gasteiger partial charge in [-0.15, -0.1) is 0 Å². The van der Waals surface area contributed by atoms with Crippen LogP contribution >= 0.6 is 11.8 Å². The third-order valence-corrected chi connectivity index (χ3v) is 6.45. The molecule has 8 nitrogen and oxygen atoms in total. The van der Waals surface area contributed by atoms with Crippen molar-refractivity contribution in [2.45, 2.75) is 34.1 Å². The number of aliphatic imine (C=N–C) groups is 1. The van der Waals surface area contributed by atoms with E-state index in [4.69, 9.17) is 19.6 Å². The predicted octanol–water partition coefficient (Wildman–Crippen LogP) is 5.44. The van der Waals surface area contributed by atoms with Crippen LogP contribution in [0.25, 0.3) is 6.08 Å². The van der Waals surface area contributed by atoms with Crippen molar-refractivity contribution in [3.05, 3.63) is 58.7 Å². The minimum Gasteiger partial charge on any atom is -0.493 e. The fourth-order valence-corrected chi connectivity index (χ4v) is 4.79.